The smallest absolute Gasteiger partial charge is 0.152 e. The molecule has 3 heteroatoms. The van der Waals surface area contributed by atoms with Gasteiger partial charge in [0.25, 0.3) is 0 Å². The second-order valence-electron chi connectivity index (χ2n) is 7.27. The van der Waals surface area contributed by atoms with Crippen molar-refractivity contribution in [1.82, 2.24) is 0 Å². The molecule has 32 heavy (non-hydrogen) atoms. The standard InChI is InChI=1S/C18H23F.C7H7Br.C4H6O/c1-4-6-7-9-16(13-12-15(3)5-2)17-10-8-11-18(19)14-17;1-6-2-4-7(8)5-3-6;1-3-4(2)5/h8-14H,3-7H2,1-2H3;2-5H,1H3;3H,1H2,2H3/b13-12-,16-9+;;. The first-order chi connectivity index (χ1) is 15.2. The summed E-state index contributed by atoms with van der Waals surface area (Å²) in [4.78, 5) is 9.69. The Kier molecular flexibility index (Phi) is 16.7. The van der Waals surface area contributed by atoms with Crippen LogP contribution in [0.4, 0.5) is 4.39 Å². The summed E-state index contributed by atoms with van der Waals surface area (Å²) >= 11 is 3.35. The highest BCUT2D eigenvalue weighted by atomic mass is 79.9. The van der Waals surface area contributed by atoms with E-state index in [0.29, 0.717) is 0 Å². The predicted octanol–water partition coefficient (Wildman–Crippen LogP) is 9.44. The minimum absolute atomic E-state index is 0.0185. The summed E-state index contributed by atoms with van der Waals surface area (Å²) in [6.07, 6.45) is 11.8. The minimum atomic E-state index is -0.193. The Hall–Kier alpha value is -2.52. The van der Waals surface area contributed by atoms with Gasteiger partial charge in [-0.25, -0.2) is 4.39 Å². The Morgan fingerprint density at radius 1 is 1.09 bits per heavy atom. The molecule has 1 nitrogen and oxygen atoms in total. The van der Waals surface area contributed by atoms with Crippen LogP contribution in [0.2, 0.25) is 0 Å². The number of benzene rings is 2. The molecule has 0 radical (unpaired) electrons. The molecule has 0 unspecified atom stereocenters. The van der Waals surface area contributed by atoms with Crippen LogP contribution in [0.1, 0.15) is 57.6 Å². The fourth-order valence-corrected chi connectivity index (χ4v) is 2.53. The van der Waals surface area contributed by atoms with Crippen molar-refractivity contribution in [3.05, 3.63) is 113 Å². The van der Waals surface area contributed by atoms with Crippen molar-refractivity contribution in [2.75, 3.05) is 0 Å². The van der Waals surface area contributed by atoms with Gasteiger partial charge in [0, 0.05) is 4.47 Å². The van der Waals surface area contributed by atoms with Gasteiger partial charge in [-0.3, -0.25) is 4.79 Å². The average Bonchev–Trinajstić information content (AvgIpc) is 2.78. The van der Waals surface area contributed by atoms with Crippen molar-refractivity contribution in [3.8, 4) is 0 Å². The molecule has 0 spiro atoms. The Morgan fingerprint density at radius 2 is 1.72 bits per heavy atom. The summed E-state index contributed by atoms with van der Waals surface area (Å²) in [5.74, 6) is -0.174. The Morgan fingerprint density at radius 3 is 2.19 bits per heavy atom. The number of rotatable bonds is 8. The third kappa shape index (κ3) is 15.3. The van der Waals surface area contributed by atoms with Crippen LogP contribution in [-0.4, -0.2) is 5.78 Å². The van der Waals surface area contributed by atoms with Crippen LogP contribution in [0.25, 0.3) is 5.57 Å². The number of unbranched alkanes of at least 4 members (excludes halogenated alkanes) is 2. The Balaban J connectivity index is 0.000000602. The molecule has 0 aromatic heterocycles. The van der Waals surface area contributed by atoms with E-state index in [4.69, 9.17) is 0 Å². The van der Waals surface area contributed by atoms with Crippen LogP contribution in [0.3, 0.4) is 0 Å². The zero-order valence-corrected chi connectivity index (χ0v) is 21.4. The van der Waals surface area contributed by atoms with Gasteiger partial charge in [0.15, 0.2) is 5.78 Å². The number of allylic oxidation sites excluding steroid dienone is 6. The quantitative estimate of drug-likeness (QED) is 0.201. The molecule has 0 saturated carbocycles. The number of carbonyl (C=O) groups is 1. The maximum absolute atomic E-state index is 13.3. The van der Waals surface area contributed by atoms with Crippen LogP contribution in [0.15, 0.2) is 96.0 Å². The molecule has 0 amide bonds. The first-order valence-corrected chi connectivity index (χ1v) is 11.7. The average molecular weight is 500 g/mol. The summed E-state index contributed by atoms with van der Waals surface area (Å²) in [6, 6.07) is 15.0. The van der Waals surface area contributed by atoms with Crippen molar-refractivity contribution in [3.63, 3.8) is 0 Å². The fourth-order valence-electron chi connectivity index (χ4n) is 2.27. The van der Waals surface area contributed by atoms with E-state index in [9.17, 15) is 9.18 Å². The van der Waals surface area contributed by atoms with Crippen LogP contribution in [0.5, 0.6) is 0 Å². The molecular weight excluding hydrogens is 463 g/mol. The van der Waals surface area contributed by atoms with Crippen LogP contribution < -0.4 is 0 Å². The second-order valence-corrected chi connectivity index (χ2v) is 8.18. The maximum atomic E-state index is 13.3. The van der Waals surface area contributed by atoms with E-state index in [2.05, 4.69) is 68.1 Å². The SMILES string of the molecule is C=C(/C=C\C(=C/CCCC)c1cccc(F)c1)CC.C=CC(C)=O.Cc1ccc(Br)cc1. The summed E-state index contributed by atoms with van der Waals surface area (Å²) in [6.45, 7) is 15.0. The van der Waals surface area contributed by atoms with Crippen LogP contribution in [-0.2, 0) is 4.79 Å². The van der Waals surface area contributed by atoms with E-state index in [0.717, 1.165) is 46.9 Å². The molecule has 2 rings (SSSR count). The molecule has 0 bridgehead atoms. The molecule has 2 aromatic carbocycles. The lowest BCUT2D eigenvalue weighted by Gasteiger charge is -2.04. The van der Waals surface area contributed by atoms with Gasteiger partial charge >= 0.3 is 0 Å². The zero-order chi connectivity index (χ0) is 24.4. The van der Waals surface area contributed by atoms with Gasteiger partial charge < -0.3 is 0 Å². The third-order valence-electron chi connectivity index (χ3n) is 4.33. The van der Waals surface area contributed by atoms with E-state index in [1.807, 2.05) is 30.4 Å². The van der Waals surface area contributed by atoms with Gasteiger partial charge in [-0.2, -0.15) is 0 Å². The first kappa shape index (κ1) is 29.5. The van der Waals surface area contributed by atoms with Crippen molar-refractivity contribution in [1.29, 1.82) is 0 Å². The number of hydrogen-bond donors (Lipinski definition) is 0. The molecule has 0 fully saturated rings. The van der Waals surface area contributed by atoms with Crippen LogP contribution in [0, 0.1) is 12.7 Å². The van der Waals surface area contributed by atoms with Crippen molar-refractivity contribution >= 4 is 27.3 Å². The predicted molar refractivity (Wildman–Crippen MR) is 142 cm³/mol. The lowest BCUT2D eigenvalue weighted by atomic mass is 10.0. The minimum Gasteiger partial charge on any atom is -0.295 e. The second kappa shape index (κ2) is 18.1. The molecule has 0 aliphatic rings. The van der Waals surface area contributed by atoms with Crippen molar-refractivity contribution < 1.29 is 9.18 Å². The zero-order valence-electron chi connectivity index (χ0n) is 19.8. The van der Waals surface area contributed by atoms with E-state index in [1.54, 1.807) is 12.1 Å². The van der Waals surface area contributed by atoms with E-state index in [-0.39, 0.29) is 11.6 Å². The maximum Gasteiger partial charge on any atom is 0.152 e. The number of aryl methyl sites for hydroxylation is 1. The number of hydrogen-bond acceptors (Lipinski definition) is 1. The van der Waals surface area contributed by atoms with Gasteiger partial charge in [-0.15, -0.1) is 0 Å². The van der Waals surface area contributed by atoms with Gasteiger partial charge in [0.1, 0.15) is 5.82 Å². The lowest BCUT2D eigenvalue weighted by molar-refractivity contribution is -0.112. The molecule has 0 atom stereocenters. The number of carbonyl (C=O) groups excluding carboxylic acids is 1. The Bertz CT molecular complexity index is 871. The molecular formula is C29H36BrFO. The van der Waals surface area contributed by atoms with Crippen LogP contribution >= 0.6 is 15.9 Å². The summed E-state index contributed by atoms with van der Waals surface area (Å²) in [5, 5.41) is 0. The van der Waals surface area contributed by atoms with Crippen molar-refractivity contribution in [2.24, 2.45) is 0 Å². The normalized spacial score (nSPS) is 10.5. The van der Waals surface area contributed by atoms with Gasteiger partial charge in [0.2, 0.25) is 0 Å². The molecule has 172 valence electrons. The molecule has 0 heterocycles. The highest BCUT2D eigenvalue weighted by molar-refractivity contribution is 9.10. The molecule has 0 aliphatic carbocycles. The Labute approximate surface area is 202 Å². The molecule has 0 N–H and O–H groups in total. The summed E-state index contributed by atoms with van der Waals surface area (Å²) < 4.78 is 14.5. The number of halogens is 2. The first-order valence-electron chi connectivity index (χ1n) is 10.9. The van der Waals surface area contributed by atoms with E-state index >= 15 is 0 Å². The number of ketones is 1. The molecule has 0 saturated heterocycles. The summed E-state index contributed by atoms with van der Waals surface area (Å²) in [5.41, 5.74) is 4.38. The van der Waals surface area contributed by atoms with E-state index < -0.39 is 0 Å². The summed E-state index contributed by atoms with van der Waals surface area (Å²) in [7, 11) is 0. The monoisotopic (exact) mass is 498 g/mol. The lowest BCUT2D eigenvalue weighted by Crippen LogP contribution is -1.84. The van der Waals surface area contributed by atoms with Gasteiger partial charge in [0.05, 0.1) is 0 Å². The topological polar surface area (TPSA) is 17.1 Å². The van der Waals surface area contributed by atoms with Crippen molar-refractivity contribution in [2.45, 2.75) is 53.4 Å². The highest BCUT2D eigenvalue weighted by Gasteiger charge is 1.99. The van der Waals surface area contributed by atoms with E-state index in [1.165, 1.54) is 24.6 Å². The highest BCUT2D eigenvalue weighted by Crippen LogP contribution is 2.19. The third-order valence-corrected chi connectivity index (χ3v) is 4.86. The van der Waals surface area contributed by atoms with Gasteiger partial charge in [-0.05, 0) is 68.2 Å². The molecule has 2 aromatic rings. The largest absolute Gasteiger partial charge is 0.295 e. The molecule has 0 aliphatic heterocycles. The fraction of sp³-hybridized carbons (Fsp3) is 0.276. The van der Waals surface area contributed by atoms with Gasteiger partial charge in [-0.1, -0.05) is 109 Å².